The molecular weight excluding hydrogens is 452 g/mol. The van der Waals surface area contributed by atoms with Gasteiger partial charge in [0.05, 0.1) is 33.5 Å². The first-order chi connectivity index (χ1) is 16.4. The molecule has 1 aliphatic rings. The lowest BCUT2D eigenvalue weighted by Gasteiger charge is -2.27. The van der Waals surface area contributed by atoms with Crippen LogP contribution in [0.2, 0.25) is 0 Å². The number of hydrogen-bond acceptors (Lipinski definition) is 7. The van der Waals surface area contributed by atoms with E-state index >= 15 is 0 Å². The van der Waals surface area contributed by atoms with E-state index in [4.69, 9.17) is 4.74 Å². The largest absolute Gasteiger partial charge is 0.503 e. The number of amides is 1. The summed E-state index contributed by atoms with van der Waals surface area (Å²) in [4.78, 5) is 37.1. The van der Waals surface area contributed by atoms with Gasteiger partial charge in [-0.2, -0.15) is 0 Å². The Kier molecular flexibility index (Phi) is 6.93. The maximum Gasteiger partial charge on any atom is 0.290 e. The fraction of sp³-hybridized carbons (Fsp3) is 0.280. The minimum atomic E-state index is -0.710. The number of aliphatic hydroxyl groups is 1. The molecule has 176 valence electrons. The van der Waals surface area contributed by atoms with Gasteiger partial charge >= 0.3 is 0 Å². The standard InChI is InChI=1S/C25H26N4O4S/c1-4-14-33-19-8-6-18(7-9-19)21-20(22(30)24-16(2)27-17(3)34-24)23(31)25(32)29(21)12-5-11-28-13-10-26-15-28/h4,6-10,13,15,21,31H,1,5,11-12,14H2,2-3H3. The first kappa shape index (κ1) is 23.4. The molecule has 2 aromatic heterocycles. The van der Waals surface area contributed by atoms with Crippen LogP contribution in [-0.2, 0) is 11.3 Å². The van der Waals surface area contributed by atoms with Crippen molar-refractivity contribution >= 4 is 23.0 Å². The predicted octanol–water partition coefficient (Wildman–Crippen LogP) is 4.19. The predicted molar refractivity (Wildman–Crippen MR) is 129 cm³/mol. The van der Waals surface area contributed by atoms with Crippen LogP contribution < -0.4 is 4.74 Å². The van der Waals surface area contributed by atoms with Crippen molar-refractivity contribution in [3.8, 4) is 5.75 Å². The number of Topliss-reactive ketones (excluding diaryl/α,β-unsaturated/α-hetero) is 1. The Bertz CT molecular complexity index is 1230. The fourth-order valence-electron chi connectivity index (χ4n) is 4.07. The second-order valence-corrected chi connectivity index (χ2v) is 9.17. The molecule has 1 aromatic carbocycles. The first-order valence-corrected chi connectivity index (χ1v) is 11.7. The van der Waals surface area contributed by atoms with Crippen molar-refractivity contribution in [3.63, 3.8) is 0 Å². The summed E-state index contributed by atoms with van der Waals surface area (Å²) in [6.45, 7) is 8.61. The molecule has 0 aliphatic carbocycles. The van der Waals surface area contributed by atoms with Gasteiger partial charge in [-0.05, 0) is 38.0 Å². The molecule has 4 rings (SSSR count). The summed E-state index contributed by atoms with van der Waals surface area (Å²) in [6, 6.07) is 6.49. The zero-order chi connectivity index (χ0) is 24.2. The SMILES string of the molecule is C=CCOc1ccc(C2C(C(=O)c3sc(C)nc3C)=C(O)C(=O)N2CCCn2ccnc2)cc1. The summed E-state index contributed by atoms with van der Waals surface area (Å²) in [5, 5.41) is 11.6. The van der Waals surface area contributed by atoms with Crippen LogP contribution in [0.25, 0.3) is 0 Å². The maximum absolute atomic E-state index is 13.6. The Morgan fingerprint density at radius 2 is 2.03 bits per heavy atom. The van der Waals surface area contributed by atoms with Gasteiger partial charge in [-0.3, -0.25) is 9.59 Å². The molecule has 9 heteroatoms. The van der Waals surface area contributed by atoms with Gasteiger partial charge in [-0.25, -0.2) is 9.97 Å². The minimum absolute atomic E-state index is 0.0825. The van der Waals surface area contributed by atoms with E-state index in [-0.39, 0.29) is 11.4 Å². The lowest BCUT2D eigenvalue weighted by molar-refractivity contribution is -0.129. The lowest BCUT2D eigenvalue weighted by atomic mass is 9.95. The number of hydrogen-bond donors (Lipinski definition) is 1. The molecule has 0 saturated heterocycles. The van der Waals surface area contributed by atoms with Crippen LogP contribution in [0.5, 0.6) is 5.75 Å². The normalized spacial score (nSPS) is 15.8. The molecule has 0 bridgehead atoms. The number of aliphatic hydroxyl groups excluding tert-OH is 1. The van der Waals surface area contributed by atoms with Gasteiger partial charge in [0.2, 0.25) is 5.78 Å². The molecule has 1 aliphatic heterocycles. The average molecular weight is 479 g/mol. The van der Waals surface area contributed by atoms with Crippen molar-refractivity contribution in [3.05, 3.63) is 88.1 Å². The summed E-state index contributed by atoms with van der Waals surface area (Å²) in [5.74, 6) is -0.780. The Hall–Kier alpha value is -3.72. The van der Waals surface area contributed by atoms with Gasteiger partial charge in [0, 0.05) is 25.5 Å². The number of carbonyl (C=O) groups excluding carboxylic acids is 2. The highest BCUT2D eigenvalue weighted by Crippen LogP contribution is 2.40. The van der Waals surface area contributed by atoms with Crippen molar-refractivity contribution in [2.45, 2.75) is 32.9 Å². The third kappa shape index (κ3) is 4.65. The quantitative estimate of drug-likeness (QED) is 0.347. The number of rotatable bonds is 10. The number of nitrogens with zero attached hydrogens (tertiary/aromatic N) is 4. The molecular formula is C25H26N4O4S. The molecule has 8 nitrogen and oxygen atoms in total. The Balaban J connectivity index is 1.67. The highest BCUT2D eigenvalue weighted by atomic mass is 32.1. The van der Waals surface area contributed by atoms with Crippen LogP contribution >= 0.6 is 11.3 Å². The Morgan fingerprint density at radius 3 is 2.65 bits per heavy atom. The second kappa shape index (κ2) is 10.0. The van der Waals surface area contributed by atoms with Crippen molar-refractivity contribution in [1.82, 2.24) is 19.4 Å². The van der Waals surface area contributed by atoms with E-state index in [1.807, 2.05) is 29.8 Å². The number of aromatic nitrogens is 3. The van der Waals surface area contributed by atoms with Gasteiger partial charge in [0.1, 0.15) is 12.4 Å². The minimum Gasteiger partial charge on any atom is -0.503 e. The molecule has 0 radical (unpaired) electrons. The lowest BCUT2D eigenvalue weighted by Crippen LogP contribution is -2.32. The highest BCUT2D eigenvalue weighted by Gasteiger charge is 2.44. The first-order valence-electron chi connectivity index (χ1n) is 10.9. The monoisotopic (exact) mass is 478 g/mol. The Morgan fingerprint density at radius 1 is 1.26 bits per heavy atom. The second-order valence-electron chi connectivity index (χ2n) is 7.96. The molecule has 1 amide bonds. The van der Waals surface area contributed by atoms with Crippen LogP contribution in [0.3, 0.4) is 0 Å². The zero-order valence-electron chi connectivity index (χ0n) is 19.1. The van der Waals surface area contributed by atoms with Crippen molar-refractivity contribution in [2.75, 3.05) is 13.2 Å². The van der Waals surface area contributed by atoms with E-state index < -0.39 is 17.7 Å². The maximum atomic E-state index is 13.6. The molecule has 34 heavy (non-hydrogen) atoms. The van der Waals surface area contributed by atoms with Gasteiger partial charge in [-0.1, -0.05) is 24.8 Å². The van der Waals surface area contributed by atoms with Crippen LogP contribution in [0.4, 0.5) is 0 Å². The number of benzene rings is 1. The summed E-state index contributed by atoms with van der Waals surface area (Å²) >= 11 is 1.26. The van der Waals surface area contributed by atoms with Gasteiger partial charge in [0.15, 0.2) is 5.76 Å². The smallest absolute Gasteiger partial charge is 0.290 e. The van der Waals surface area contributed by atoms with E-state index in [0.717, 1.165) is 5.01 Å². The number of imidazole rings is 1. The zero-order valence-corrected chi connectivity index (χ0v) is 19.9. The molecule has 3 heterocycles. The highest BCUT2D eigenvalue weighted by molar-refractivity contribution is 7.14. The summed E-state index contributed by atoms with van der Waals surface area (Å²) < 4.78 is 7.49. The number of ketones is 1. The fourth-order valence-corrected chi connectivity index (χ4v) is 4.95. The molecule has 3 aromatic rings. The number of carbonyl (C=O) groups is 2. The van der Waals surface area contributed by atoms with Crippen LogP contribution in [0, 0.1) is 13.8 Å². The van der Waals surface area contributed by atoms with E-state index in [1.165, 1.54) is 11.3 Å². The van der Waals surface area contributed by atoms with E-state index in [9.17, 15) is 14.7 Å². The molecule has 1 atom stereocenters. The van der Waals surface area contributed by atoms with Crippen molar-refractivity contribution in [1.29, 1.82) is 0 Å². The molecule has 1 N–H and O–H groups in total. The van der Waals surface area contributed by atoms with E-state index in [2.05, 4.69) is 16.5 Å². The van der Waals surface area contributed by atoms with E-state index in [0.29, 0.717) is 48.0 Å². The van der Waals surface area contributed by atoms with Gasteiger partial charge in [0.25, 0.3) is 5.91 Å². The van der Waals surface area contributed by atoms with E-state index in [1.54, 1.807) is 42.6 Å². The van der Waals surface area contributed by atoms with Crippen molar-refractivity contribution in [2.24, 2.45) is 0 Å². The Labute approximate surface area is 201 Å². The van der Waals surface area contributed by atoms with Crippen LogP contribution in [-0.4, -0.2) is 49.4 Å². The molecule has 0 fully saturated rings. The molecule has 0 spiro atoms. The number of thiazole rings is 1. The summed E-state index contributed by atoms with van der Waals surface area (Å²) in [7, 11) is 0. The number of ether oxygens (including phenoxy) is 1. The summed E-state index contributed by atoms with van der Waals surface area (Å²) in [6.07, 6.45) is 7.55. The van der Waals surface area contributed by atoms with Gasteiger partial charge < -0.3 is 19.3 Å². The number of aryl methyl sites for hydroxylation is 3. The molecule has 0 saturated carbocycles. The van der Waals surface area contributed by atoms with Gasteiger partial charge in [-0.15, -0.1) is 11.3 Å². The topological polar surface area (TPSA) is 97.5 Å². The van der Waals surface area contributed by atoms with Crippen LogP contribution in [0.15, 0.2) is 67.0 Å². The van der Waals surface area contributed by atoms with Crippen molar-refractivity contribution < 1.29 is 19.4 Å². The summed E-state index contributed by atoms with van der Waals surface area (Å²) in [5.41, 5.74) is 1.39. The third-order valence-electron chi connectivity index (χ3n) is 5.60. The average Bonchev–Trinajstić information content (AvgIpc) is 3.52. The third-order valence-corrected chi connectivity index (χ3v) is 6.67. The van der Waals surface area contributed by atoms with Crippen LogP contribution in [0.1, 0.15) is 38.4 Å². The molecule has 1 unspecified atom stereocenters.